The third-order valence-electron chi connectivity index (χ3n) is 0.936. The quantitative estimate of drug-likeness (QED) is 0.625. The van der Waals surface area contributed by atoms with E-state index < -0.39 is 0 Å². The molecule has 0 saturated heterocycles. The zero-order chi connectivity index (χ0) is 7.23. The second kappa shape index (κ2) is 3.82. The summed E-state index contributed by atoms with van der Waals surface area (Å²) in [6, 6.07) is 0. The topological polar surface area (TPSA) is 35.0 Å². The van der Waals surface area contributed by atoms with Crippen molar-refractivity contribution in [3.63, 3.8) is 0 Å². The first kappa shape index (κ1) is 6.99. The fraction of sp³-hybridized carbons (Fsp3) is 0.429. The van der Waals surface area contributed by atoms with E-state index in [-0.39, 0.29) is 0 Å². The van der Waals surface area contributed by atoms with Crippen LogP contribution >= 0.6 is 0 Å². The second-order valence-electron chi connectivity index (χ2n) is 1.82. The maximum atomic E-state index is 5.13. The Morgan fingerprint density at radius 3 is 3.10 bits per heavy atom. The molecule has 1 rings (SSSR count). The molecular weight excluding hydrogens is 128 g/mol. The molecule has 1 radical (unpaired) electrons. The number of nitrogens with zero attached hydrogens (tertiary/aromatic N) is 2. The Kier molecular flexibility index (Phi) is 2.67. The van der Waals surface area contributed by atoms with Crippen LogP contribution in [0, 0.1) is 6.20 Å². The lowest BCUT2D eigenvalue weighted by Gasteiger charge is -1.98. The Morgan fingerprint density at radius 1 is 1.60 bits per heavy atom. The normalized spacial score (nSPS) is 9.30. The molecular formula is C7H9N2O. The second-order valence-corrected chi connectivity index (χ2v) is 1.82. The van der Waals surface area contributed by atoms with Gasteiger partial charge in [0.1, 0.15) is 0 Å². The highest BCUT2D eigenvalue weighted by Gasteiger charge is 1.90. The van der Waals surface area contributed by atoms with E-state index in [0.717, 1.165) is 6.42 Å². The maximum Gasteiger partial charge on any atom is 0.242 e. The van der Waals surface area contributed by atoms with Gasteiger partial charge in [0.15, 0.2) is 6.20 Å². The van der Waals surface area contributed by atoms with Crippen LogP contribution in [0.3, 0.4) is 0 Å². The molecule has 0 fully saturated rings. The molecule has 3 heteroatoms. The lowest BCUT2D eigenvalue weighted by Crippen LogP contribution is -1.97. The summed E-state index contributed by atoms with van der Waals surface area (Å²) in [7, 11) is 0. The van der Waals surface area contributed by atoms with Gasteiger partial charge in [0.05, 0.1) is 6.61 Å². The minimum absolute atomic E-state index is 0.476. The summed E-state index contributed by atoms with van der Waals surface area (Å²) < 4.78 is 5.13. The monoisotopic (exact) mass is 137 g/mol. The predicted octanol–water partition coefficient (Wildman–Crippen LogP) is 1.07. The van der Waals surface area contributed by atoms with Gasteiger partial charge >= 0.3 is 0 Å². The van der Waals surface area contributed by atoms with Gasteiger partial charge in [0, 0.05) is 12.4 Å². The van der Waals surface area contributed by atoms with Crippen molar-refractivity contribution >= 4 is 0 Å². The van der Waals surface area contributed by atoms with Gasteiger partial charge in [-0.3, -0.25) is 0 Å². The average Bonchev–Trinajstić information content (AvgIpc) is 2.03. The molecule has 1 heterocycles. The molecule has 0 saturated carbocycles. The molecule has 1 aromatic heterocycles. The van der Waals surface area contributed by atoms with Crippen LogP contribution in [0.15, 0.2) is 12.4 Å². The van der Waals surface area contributed by atoms with Crippen LogP contribution in [0.1, 0.15) is 13.3 Å². The summed E-state index contributed by atoms with van der Waals surface area (Å²) in [4.78, 5) is 7.60. The fourth-order valence-electron chi connectivity index (χ4n) is 0.524. The summed E-state index contributed by atoms with van der Waals surface area (Å²) in [6.07, 6.45) is 6.75. The van der Waals surface area contributed by atoms with Crippen molar-refractivity contribution in [1.29, 1.82) is 0 Å². The maximum absolute atomic E-state index is 5.13. The summed E-state index contributed by atoms with van der Waals surface area (Å²) in [5, 5.41) is 0. The van der Waals surface area contributed by atoms with Crippen LogP contribution < -0.4 is 4.74 Å². The molecule has 0 bridgehead atoms. The summed E-state index contributed by atoms with van der Waals surface area (Å²) in [6.45, 7) is 2.71. The largest absolute Gasteiger partial charge is 0.476 e. The molecule has 0 aliphatic carbocycles. The van der Waals surface area contributed by atoms with E-state index in [2.05, 4.69) is 16.2 Å². The fourth-order valence-corrected chi connectivity index (χ4v) is 0.524. The molecule has 0 spiro atoms. The number of hydrogen-bond donors (Lipinski definition) is 0. The van der Waals surface area contributed by atoms with Crippen LogP contribution in [-0.2, 0) is 0 Å². The lowest BCUT2D eigenvalue weighted by atomic mass is 10.5. The van der Waals surface area contributed by atoms with Crippen LogP contribution in [0.2, 0.25) is 0 Å². The van der Waals surface area contributed by atoms with E-state index in [1.54, 1.807) is 12.4 Å². The molecule has 0 amide bonds. The van der Waals surface area contributed by atoms with Gasteiger partial charge in [-0.2, -0.15) is 0 Å². The Labute approximate surface area is 60.1 Å². The van der Waals surface area contributed by atoms with E-state index in [1.165, 1.54) is 0 Å². The molecule has 53 valence electrons. The van der Waals surface area contributed by atoms with Gasteiger partial charge in [0.2, 0.25) is 5.88 Å². The van der Waals surface area contributed by atoms with Crippen molar-refractivity contribution in [1.82, 2.24) is 9.97 Å². The van der Waals surface area contributed by atoms with Gasteiger partial charge in [-0.05, 0) is 6.42 Å². The number of rotatable bonds is 3. The highest BCUT2D eigenvalue weighted by Crippen LogP contribution is 1.99. The minimum atomic E-state index is 0.476. The summed E-state index contributed by atoms with van der Waals surface area (Å²) >= 11 is 0. The third-order valence-corrected chi connectivity index (χ3v) is 0.936. The van der Waals surface area contributed by atoms with Crippen molar-refractivity contribution < 1.29 is 4.74 Å². The van der Waals surface area contributed by atoms with Crippen molar-refractivity contribution in [2.45, 2.75) is 13.3 Å². The van der Waals surface area contributed by atoms with Gasteiger partial charge in [-0.25, -0.2) is 9.97 Å². The lowest BCUT2D eigenvalue weighted by molar-refractivity contribution is 0.303. The van der Waals surface area contributed by atoms with Gasteiger partial charge in [0.25, 0.3) is 0 Å². The summed E-state index contributed by atoms with van der Waals surface area (Å²) in [5.41, 5.74) is 0. The van der Waals surface area contributed by atoms with Gasteiger partial charge in [-0.1, -0.05) is 6.92 Å². The molecule has 0 atom stereocenters. The van der Waals surface area contributed by atoms with Crippen LogP contribution in [-0.4, -0.2) is 16.6 Å². The molecule has 0 N–H and O–H groups in total. The SMILES string of the molecule is CCCOc1[c]nccn1. The Hall–Kier alpha value is -1.12. The number of aromatic nitrogens is 2. The molecule has 1 aromatic rings. The minimum Gasteiger partial charge on any atom is -0.476 e. The van der Waals surface area contributed by atoms with E-state index in [9.17, 15) is 0 Å². The molecule has 3 nitrogen and oxygen atoms in total. The van der Waals surface area contributed by atoms with Crippen LogP contribution in [0.5, 0.6) is 5.88 Å². The first-order chi connectivity index (χ1) is 4.93. The number of hydrogen-bond acceptors (Lipinski definition) is 3. The zero-order valence-electron chi connectivity index (χ0n) is 5.87. The predicted molar refractivity (Wildman–Crippen MR) is 36.7 cm³/mol. The van der Waals surface area contributed by atoms with Crippen molar-refractivity contribution in [2.75, 3.05) is 6.61 Å². The van der Waals surface area contributed by atoms with E-state index in [0.29, 0.717) is 12.5 Å². The van der Waals surface area contributed by atoms with Crippen molar-refractivity contribution in [2.24, 2.45) is 0 Å². The van der Waals surface area contributed by atoms with Crippen molar-refractivity contribution in [3.05, 3.63) is 18.6 Å². The van der Waals surface area contributed by atoms with Crippen LogP contribution in [0.25, 0.3) is 0 Å². The Bertz CT molecular complexity index is 176. The Morgan fingerprint density at radius 2 is 2.50 bits per heavy atom. The average molecular weight is 137 g/mol. The first-order valence-corrected chi connectivity index (χ1v) is 3.25. The molecule has 10 heavy (non-hydrogen) atoms. The van der Waals surface area contributed by atoms with Crippen LogP contribution in [0.4, 0.5) is 0 Å². The molecule has 0 aliphatic rings. The smallest absolute Gasteiger partial charge is 0.242 e. The zero-order valence-corrected chi connectivity index (χ0v) is 5.87. The standard InChI is InChI=1S/C7H9N2O/c1-2-5-10-7-6-8-3-4-9-7/h3-4H,2,5H2,1H3. The molecule has 0 unspecified atom stereocenters. The highest BCUT2D eigenvalue weighted by molar-refractivity contribution is 4.98. The van der Waals surface area contributed by atoms with Crippen molar-refractivity contribution in [3.8, 4) is 5.88 Å². The summed E-state index contributed by atoms with van der Waals surface area (Å²) in [5.74, 6) is 0.476. The van der Waals surface area contributed by atoms with E-state index >= 15 is 0 Å². The van der Waals surface area contributed by atoms with E-state index in [4.69, 9.17) is 4.74 Å². The number of ether oxygens (including phenoxy) is 1. The Balaban J connectivity index is 2.43. The van der Waals surface area contributed by atoms with Gasteiger partial charge < -0.3 is 4.74 Å². The highest BCUT2D eigenvalue weighted by atomic mass is 16.5. The van der Waals surface area contributed by atoms with Gasteiger partial charge in [-0.15, -0.1) is 0 Å². The first-order valence-electron chi connectivity index (χ1n) is 3.25. The molecule has 0 aliphatic heterocycles. The third kappa shape index (κ3) is 2.01. The van der Waals surface area contributed by atoms with E-state index in [1.807, 2.05) is 6.92 Å². The molecule has 0 aromatic carbocycles.